The van der Waals surface area contributed by atoms with Crippen molar-refractivity contribution in [1.82, 2.24) is 24.1 Å². The molecule has 8 aromatic carbocycles. The highest BCUT2D eigenvalue weighted by atomic mass is 28.3. The second-order valence-electron chi connectivity index (χ2n) is 26.9. The quantitative estimate of drug-likeness (QED) is 0.146. The summed E-state index contributed by atoms with van der Waals surface area (Å²) >= 11 is 0. The Labute approximate surface area is 469 Å². The number of imidazole rings is 1. The molecule has 0 spiro atoms. The van der Waals surface area contributed by atoms with Gasteiger partial charge in [0.25, 0.3) is 0 Å². The lowest BCUT2D eigenvalue weighted by atomic mass is 9.79. The minimum absolute atomic E-state index is 0.203. The molecule has 398 valence electrons. The number of aromatic nitrogens is 5. The van der Waals surface area contributed by atoms with Crippen LogP contribution in [0.1, 0.15) is 79.0 Å². The number of aromatic hydroxyl groups is 1. The molecular formula is C71H75N5OSi2. The van der Waals surface area contributed by atoms with Crippen LogP contribution in [0.3, 0.4) is 0 Å². The molecule has 0 fully saturated rings. The number of benzene rings is 8. The van der Waals surface area contributed by atoms with Crippen LogP contribution in [0.25, 0.3) is 100 Å². The van der Waals surface area contributed by atoms with E-state index >= 15 is 0 Å². The molecule has 0 atom stereocenters. The highest BCUT2D eigenvalue weighted by Crippen LogP contribution is 2.47. The minimum atomic E-state index is -1.75. The van der Waals surface area contributed by atoms with Gasteiger partial charge < -0.3 is 5.11 Å². The number of nitrogens with zero attached hydrogens (tertiary/aromatic N) is 5. The molecule has 79 heavy (non-hydrogen) atoms. The molecule has 3 heterocycles. The molecule has 0 amide bonds. The second-order valence-corrected chi connectivity index (χ2v) is 37.1. The highest BCUT2D eigenvalue weighted by Gasteiger charge is 2.31. The van der Waals surface area contributed by atoms with Crippen LogP contribution in [-0.2, 0) is 16.2 Å². The molecular weight excluding hydrogens is 995 g/mol. The van der Waals surface area contributed by atoms with Gasteiger partial charge in [0.2, 0.25) is 0 Å². The molecule has 0 saturated carbocycles. The maximum absolute atomic E-state index is 12.8. The first kappa shape index (κ1) is 53.4. The van der Waals surface area contributed by atoms with E-state index in [2.05, 4.69) is 281 Å². The van der Waals surface area contributed by atoms with E-state index in [1.165, 1.54) is 21.5 Å². The molecule has 0 radical (unpaired) electrons. The third-order valence-corrected chi connectivity index (χ3v) is 20.0. The van der Waals surface area contributed by atoms with Gasteiger partial charge in [-0.1, -0.05) is 233 Å². The van der Waals surface area contributed by atoms with Crippen molar-refractivity contribution < 1.29 is 5.11 Å². The first-order valence-corrected chi connectivity index (χ1v) is 35.0. The van der Waals surface area contributed by atoms with Gasteiger partial charge in [0.1, 0.15) is 23.5 Å². The van der Waals surface area contributed by atoms with Crippen LogP contribution >= 0.6 is 0 Å². The zero-order valence-corrected chi connectivity index (χ0v) is 50.9. The summed E-state index contributed by atoms with van der Waals surface area (Å²) in [7, 11) is -3.20. The van der Waals surface area contributed by atoms with E-state index in [0.717, 1.165) is 94.5 Å². The van der Waals surface area contributed by atoms with Gasteiger partial charge in [0, 0.05) is 33.3 Å². The predicted octanol–water partition coefficient (Wildman–Crippen LogP) is 17.9. The Bertz CT molecular complexity index is 4150. The van der Waals surface area contributed by atoms with Crippen molar-refractivity contribution in [3.63, 3.8) is 0 Å². The first-order valence-electron chi connectivity index (χ1n) is 28.0. The van der Waals surface area contributed by atoms with E-state index in [1.807, 2.05) is 0 Å². The summed E-state index contributed by atoms with van der Waals surface area (Å²) in [4.78, 5) is 16.1. The predicted molar refractivity (Wildman–Crippen MR) is 342 cm³/mol. The number of hydrogen-bond acceptors (Lipinski definition) is 4. The van der Waals surface area contributed by atoms with Gasteiger partial charge in [0.15, 0.2) is 0 Å². The number of phenols is 1. The standard InChI is InChI=1S/C71H75N5OSi2/c1-69(2,3)50-38-48(37-49(39-50)64-63-56-27-19-20-29-60(56)75(68(63)73-44-72-64)52-26-21-25-47(40-52)45-31-33-53(34-32-45)78(10,11)12)55-28-22-30-62-65(55)74-67(58-41-51(70(4,5)6)42-59(66(58)77)71(7,8)9)76(62)61-36-35-54(79(13,14)15)43-57(61)46-23-17-16-18-24-46/h16-44,77H,1-15H3. The van der Waals surface area contributed by atoms with Crippen molar-refractivity contribution in [1.29, 1.82) is 0 Å². The molecule has 0 aliphatic carbocycles. The average Bonchev–Trinajstić information content (AvgIpc) is 4.15. The molecule has 1 N–H and O–H groups in total. The summed E-state index contributed by atoms with van der Waals surface area (Å²) in [6.45, 7) is 34.5. The Morgan fingerprint density at radius 1 is 0.443 bits per heavy atom. The van der Waals surface area contributed by atoms with Crippen molar-refractivity contribution in [2.75, 3.05) is 0 Å². The molecule has 11 rings (SSSR count). The van der Waals surface area contributed by atoms with Crippen LogP contribution in [0.15, 0.2) is 176 Å². The van der Waals surface area contributed by atoms with Crippen molar-refractivity contribution in [3.8, 4) is 73.2 Å². The van der Waals surface area contributed by atoms with E-state index in [0.29, 0.717) is 11.4 Å². The van der Waals surface area contributed by atoms with Crippen LogP contribution in [0.2, 0.25) is 39.3 Å². The van der Waals surface area contributed by atoms with Crippen molar-refractivity contribution >= 4 is 59.5 Å². The second kappa shape index (κ2) is 19.3. The van der Waals surface area contributed by atoms with Gasteiger partial charge >= 0.3 is 0 Å². The SMILES string of the molecule is CC(C)(C)c1cc(-c2cccc3c2nc(-c2cc(C(C)(C)C)cc(C(C)(C)C)c2O)n3-c2ccc([Si](C)(C)C)cc2-c2ccccc2)cc(-c2ncnc3c2c2ccccc2n3-c2cccc(-c3ccc([Si](C)(C)C)cc3)c2)c1. The Balaban J connectivity index is 1.17. The molecule has 3 aromatic heterocycles. The molecule has 8 heteroatoms. The van der Waals surface area contributed by atoms with Crippen molar-refractivity contribution in [3.05, 3.63) is 193 Å². The lowest BCUT2D eigenvalue weighted by Gasteiger charge is -2.28. The van der Waals surface area contributed by atoms with E-state index in [1.54, 1.807) is 6.33 Å². The molecule has 0 unspecified atom stereocenters. The summed E-state index contributed by atoms with van der Waals surface area (Å²) in [5.41, 5.74) is 17.5. The smallest absolute Gasteiger partial charge is 0.149 e. The highest BCUT2D eigenvalue weighted by molar-refractivity contribution is 6.89. The summed E-state index contributed by atoms with van der Waals surface area (Å²) in [5, 5.41) is 17.7. The monoisotopic (exact) mass is 1070 g/mol. The van der Waals surface area contributed by atoms with Crippen LogP contribution in [0.4, 0.5) is 0 Å². The number of rotatable bonds is 9. The normalized spacial score (nSPS) is 12.8. The van der Waals surface area contributed by atoms with E-state index in [4.69, 9.17) is 15.0 Å². The zero-order valence-electron chi connectivity index (χ0n) is 48.9. The molecule has 11 aromatic rings. The Hall–Kier alpha value is -7.66. The third-order valence-electron chi connectivity index (χ3n) is 15.9. The van der Waals surface area contributed by atoms with Gasteiger partial charge in [0.05, 0.1) is 55.0 Å². The fourth-order valence-corrected chi connectivity index (χ4v) is 13.5. The first-order chi connectivity index (χ1) is 37.3. The van der Waals surface area contributed by atoms with Crippen LogP contribution in [0, 0.1) is 0 Å². The number of para-hydroxylation sites is 2. The van der Waals surface area contributed by atoms with Gasteiger partial charge in [-0.3, -0.25) is 9.13 Å². The number of phenolic OH excluding ortho intramolecular Hbond substituents is 1. The van der Waals surface area contributed by atoms with Gasteiger partial charge in [-0.2, -0.15) is 0 Å². The maximum Gasteiger partial charge on any atom is 0.149 e. The Morgan fingerprint density at radius 2 is 1.06 bits per heavy atom. The number of hydrogen-bond donors (Lipinski definition) is 1. The summed E-state index contributed by atoms with van der Waals surface area (Å²) < 4.78 is 4.62. The molecule has 0 saturated heterocycles. The van der Waals surface area contributed by atoms with Gasteiger partial charge in [-0.25, -0.2) is 15.0 Å². The van der Waals surface area contributed by atoms with E-state index in [9.17, 15) is 5.11 Å². The van der Waals surface area contributed by atoms with E-state index < -0.39 is 16.1 Å². The molecule has 0 aliphatic heterocycles. The van der Waals surface area contributed by atoms with Crippen LogP contribution in [0.5, 0.6) is 5.75 Å². The number of fused-ring (bicyclic) bond motifs is 4. The molecule has 0 aliphatic rings. The fourth-order valence-electron chi connectivity index (χ4n) is 11.2. The Kier molecular flexibility index (Phi) is 13.0. The van der Waals surface area contributed by atoms with E-state index in [-0.39, 0.29) is 22.0 Å². The van der Waals surface area contributed by atoms with Crippen LogP contribution < -0.4 is 10.4 Å². The van der Waals surface area contributed by atoms with Crippen molar-refractivity contribution in [2.45, 2.75) is 118 Å². The fraction of sp³-hybridized carbons (Fsp3) is 0.254. The van der Waals surface area contributed by atoms with Gasteiger partial charge in [-0.05, 0) is 98.2 Å². The maximum atomic E-state index is 12.8. The topological polar surface area (TPSA) is 68.8 Å². The summed E-state index contributed by atoms with van der Waals surface area (Å²) in [6, 6.07) is 62.3. The summed E-state index contributed by atoms with van der Waals surface area (Å²) in [6.07, 6.45) is 1.73. The van der Waals surface area contributed by atoms with Gasteiger partial charge in [-0.15, -0.1) is 0 Å². The zero-order chi connectivity index (χ0) is 56.1. The lowest BCUT2D eigenvalue weighted by Crippen LogP contribution is -2.37. The third kappa shape index (κ3) is 9.88. The van der Waals surface area contributed by atoms with Crippen LogP contribution in [-0.4, -0.2) is 45.3 Å². The Morgan fingerprint density at radius 3 is 1.75 bits per heavy atom. The lowest BCUT2D eigenvalue weighted by molar-refractivity contribution is 0.446. The summed E-state index contributed by atoms with van der Waals surface area (Å²) in [5.74, 6) is 0.949. The molecule has 0 bridgehead atoms. The largest absolute Gasteiger partial charge is 0.507 e. The minimum Gasteiger partial charge on any atom is -0.507 e. The van der Waals surface area contributed by atoms with Crippen molar-refractivity contribution in [2.24, 2.45) is 0 Å². The average molecular weight is 1070 g/mol. The molecule has 6 nitrogen and oxygen atoms in total.